The molecule has 96 heavy (non-hydrogen) atoms. The zero-order valence-corrected chi connectivity index (χ0v) is 56.1. The zero-order chi connectivity index (χ0) is 70.8. The summed E-state index contributed by atoms with van der Waals surface area (Å²) in [7, 11) is 0. The van der Waals surface area contributed by atoms with Gasteiger partial charge in [-0.25, -0.2) is 4.79 Å². The number of carbonyl (C=O) groups excluding carboxylic acids is 12. The van der Waals surface area contributed by atoms with Crippen molar-refractivity contribution >= 4 is 99.5 Å². The van der Waals surface area contributed by atoms with Crippen molar-refractivity contribution in [1.29, 1.82) is 0 Å². The van der Waals surface area contributed by atoms with E-state index < -0.39 is 144 Å². The van der Waals surface area contributed by atoms with Crippen LogP contribution in [-0.2, 0) is 75.2 Å². The van der Waals surface area contributed by atoms with Crippen molar-refractivity contribution in [2.75, 3.05) is 38.2 Å². The first-order chi connectivity index (χ1) is 45.6. The molecule has 30 nitrogen and oxygen atoms in total. The second kappa shape index (κ2) is 38.6. The molecule has 0 radical (unpaired) electrons. The van der Waals surface area contributed by atoms with E-state index in [-0.39, 0.29) is 114 Å². The number of aromatic hydroxyl groups is 1. The molecule has 0 unspecified atom stereocenters. The van der Waals surface area contributed by atoms with Crippen LogP contribution < -0.4 is 65.5 Å². The summed E-state index contributed by atoms with van der Waals surface area (Å²) in [6, 6.07) is 0.727. The van der Waals surface area contributed by atoms with E-state index in [1.54, 1.807) is 26.3 Å². The van der Waals surface area contributed by atoms with Gasteiger partial charge in [-0.2, -0.15) is 11.8 Å². The minimum absolute atomic E-state index is 0.0335. The monoisotopic (exact) mass is 1360 g/mol. The van der Waals surface area contributed by atoms with Gasteiger partial charge >= 0.3 is 5.97 Å². The second-order valence-electron chi connectivity index (χ2n) is 25.3. The predicted octanol–water partition coefficient (Wildman–Crippen LogP) is -0.932. The number of phenols is 1. The summed E-state index contributed by atoms with van der Waals surface area (Å²) in [5.41, 5.74) is 25.4. The van der Waals surface area contributed by atoms with Crippen molar-refractivity contribution in [3.63, 3.8) is 0 Å². The summed E-state index contributed by atoms with van der Waals surface area (Å²) in [6.07, 6.45) is 4.41. The van der Waals surface area contributed by atoms with Crippen molar-refractivity contribution < 1.29 is 72.5 Å². The van der Waals surface area contributed by atoms with Gasteiger partial charge in [0.15, 0.2) is 0 Å². The molecule has 0 saturated carbocycles. The number of aromatic nitrogens is 1. The van der Waals surface area contributed by atoms with Gasteiger partial charge in [0.2, 0.25) is 70.9 Å². The van der Waals surface area contributed by atoms with Crippen molar-refractivity contribution in [3.05, 3.63) is 65.9 Å². The fourth-order valence-corrected chi connectivity index (χ4v) is 12.1. The molecule has 19 N–H and O–H groups in total. The van der Waals surface area contributed by atoms with Crippen LogP contribution in [0.5, 0.6) is 5.75 Å². The number of fused-ring (bicyclic) bond motifs is 1. The van der Waals surface area contributed by atoms with Gasteiger partial charge in [-0.3, -0.25) is 57.5 Å². The van der Waals surface area contributed by atoms with Crippen LogP contribution in [0.4, 0.5) is 0 Å². The normalized spacial score (nSPS) is 17.0. The van der Waals surface area contributed by atoms with Crippen LogP contribution in [0, 0.1) is 11.8 Å². The average Bonchev–Trinajstić information content (AvgIpc) is 1.61. The van der Waals surface area contributed by atoms with Crippen LogP contribution in [0.25, 0.3) is 10.9 Å². The van der Waals surface area contributed by atoms with E-state index in [9.17, 15) is 72.5 Å². The van der Waals surface area contributed by atoms with Crippen molar-refractivity contribution in [1.82, 2.24) is 57.3 Å². The molecule has 2 aromatic carbocycles. The number of carboxylic acid groups (broad SMARTS) is 1. The van der Waals surface area contributed by atoms with Crippen LogP contribution in [-0.4, -0.2) is 200 Å². The number of rotatable bonds is 40. The smallest absolute Gasteiger partial charge is 0.326 e. The van der Waals surface area contributed by atoms with Gasteiger partial charge in [0.1, 0.15) is 60.1 Å². The Morgan fingerprint density at radius 2 is 1.09 bits per heavy atom. The molecular weight excluding hydrogens is 1260 g/mol. The standard InChI is InChI=1S/C65H97N15O15S/c1-36(2)30-48(76-56(85)42(67)33-39-34-70-43-13-7-6-12-41(39)43)59(88)73-44(21-23-53(68)82)57(86)77-49(31-37(3)4)60(89)75-46(14-8-9-26-66)63(92)79-27-10-15-51(79)61(90)71-35-55(84)72-47(22-24-54(69)83)64(93)80-28-11-16-52(80)62(91)74-45(25-29-96-5)58(87)78-50(65(94)95)32-38-17-19-40(81)20-18-38/h6-7,12-13,17-20,34,36-37,42,44-52,70,81H,8-11,14-16,21-33,35,66-67H2,1-5H3,(H2,68,82)(H2,69,83)(H,71,90)(H,72,84)(H,73,88)(H,74,91)(H,75,89)(H,76,85)(H,77,86)(H,78,87)(H,94,95)/t42-,44-,45-,46-,47-,48-,49-,50-,51-,52-/m0/s1. The molecule has 3 heterocycles. The first-order valence-corrected chi connectivity index (χ1v) is 34.1. The topological polar surface area (TPSA) is 485 Å². The van der Waals surface area contributed by atoms with Gasteiger partial charge in [-0.05, 0) is 143 Å². The van der Waals surface area contributed by atoms with E-state index in [2.05, 4.69) is 47.5 Å². The Hall–Kier alpha value is -8.84. The van der Waals surface area contributed by atoms with E-state index >= 15 is 0 Å². The lowest BCUT2D eigenvalue weighted by molar-refractivity contribution is -0.143. The number of aliphatic carboxylic acids is 1. The molecule has 0 spiro atoms. The number of amides is 12. The summed E-state index contributed by atoms with van der Waals surface area (Å²) in [5, 5.41) is 41.7. The molecule has 3 aromatic rings. The number of carbonyl (C=O) groups is 13. The third-order valence-electron chi connectivity index (χ3n) is 16.7. The lowest BCUT2D eigenvalue weighted by Crippen LogP contribution is -2.60. The highest BCUT2D eigenvalue weighted by Crippen LogP contribution is 2.24. The SMILES string of the molecule is CSCC[C@H](NC(=O)[C@@H]1CCCN1C(=O)[C@H](CCC(N)=O)NC(=O)CNC(=O)[C@@H]1CCCN1C(=O)[C@H](CCCCN)NC(=O)[C@H](CC(C)C)NC(=O)[C@H](CCC(N)=O)NC(=O)[C@H](CC(C)C)NC(=O)[C@@H](N)Cc1c[nH]c2ccccc12)C(=O)N[C@@H](Cc1ccc(O)cc1)C(=O)O. The summed E-state index contributed by atoms with van der Waals surface area (Å²) >= 11 is 1.38. The van der Waals surface area contributed by atoms with E-state index in [1.807, 2.05) is 38.1 Å². The maximum Gasteiger partial charge on any atom is 0.326 e. The summed E-state index contributed by atoms with van der Waals surface area (Å²) < 4.78 is 0. The number of thioether (sulfide) groups is 1. The number of nitrogens with one attached hydrogen (secondary N) is 9. The lowest BCUT2D eigenvalue weighted by atomic mass is 9.99. The van der Waals surface area contributed by atoms with Gasteiger partial charge in [0, 0.05) is 49.5 Å². The van der Waals surface area contributed by atoms with Gasteiger partial charge in [-0.15, -0.1) is 0 Å². The number of nitrogens with two attached hydrogens (primary N) is 4. The molecule has 2 aliphatic rings. The third kappa shape index (κ3) is 24.4. The number of aromatic amines is 1. The van der Waals surface area contributed by atoms with Crippen molar-refractivity contribution in [3.8, 4) is 5.75 Å². The predicted molar refractivity (Wildman–Crippen MR) is 357 cm³/mol. The lowest BCUT2D eigenvalue weighted by Gasteiger charge is -2.31. The van der Waals surface area contributed by atoms with E-state index in [1.165, 1.54) is 45.8 Å². The van der Waals surface area contributed by atoms with Crippen LogP contribution >= 0.6 is 11.8 Å². The van der Waals surface area contributed by atoms with Gasteiger partial charge in [0.25, 0.3) is 0 Å². The third-order valence-corrected chi connectivity index (χ3v) is 17.3. The Labute approximate surface area is 562 Å². The van der Waals surface area contributed by atoms with Crippen LogP contribution in [0.2, 0.25) is 0 Å². The molecule has 2 fully saturated rings. The highest BCUT2D eigenvalue weighted by Gasteiger charge is 2.42. The number of hydrogen-bond donors (Lipinski definition) is 15. The fraction of sp³-hybridized carbons (Fsp3) is 0.585. The Bertz CT molecular complexity index is 3200. The maximum atomic E-state index is 14.6. The molecule has 528 valence electrons. The molecule has 12 amide bonds. The molecule has 2 aliphatic heterocycles. The first kappa shape index (κ1) is 77.9. The van der Waals surface area contributed by atoms with Crippen molar-refractivity contribution in [2.45, 2.75) is 191 Å². The molecule has 10 atom stereocenters. The molecule has 0 aliphatic carbocycles. The Balaban J connectivity index is 1.24. The minimum Gasteiger partial charge on any atom is -0.508 e. The number of phenolic OH excluding ortho intramolecular Hbond substituents is 1. The summed E-state index contributed by atoms with van der Waals surface area (Å²) in [6.45, 7) is 6.93. The molecule has 1 aromatic heterocycles. The second-order valence-corrected chi connectivity index (χ2v) is 26.3. The number of carboxylic acids is 1. The average molecular weight is 1360 g/mol. The van der Waals surface area contributed by atoms with Crippen LogP contribution in [0.1, 0.15) is 129 Å². The number of unbranched alkanes of at least 4 members (excludes halogenated alkanes) is 1. The number of benzene rings is 2. The van der Waals surface area contributed by atoms with E-state index in [0.717, 1.165) is 16.5 Å². The molecule has 5 rings (SSSR count). The van der Waals surface area contributed by atoms with Gasteiger partial charge in [-0.1, -0.05) is 58.0 Å². The van der Waals surface area contributed by atoms with Crippen molar-refractivity contribution in [2.24, 2.45) is 34.8 Å². The highest BCUT2D eigenvalue weighted by molar-refractivity contribution is 7.98. The Kier molecular flexibility index (Phi) is 31.3. The number of nitrogens with zero attached hydrogens (tertiary/aromatic N) is 2. The maximum absolute atomic E-state index is 14.6. The van der Waals surface area contributed by atoms with Crippen LogP contribution in [0.3, 0.4) is 0 Å². The number of primary amides is 2. The summed E-state index contributed by atoms with van der Waals surface area (Å²) in [5.74, 6) is -10.5. The molecule has 31 heteroatoms. The summed E-state index contributed by atoms with van der Waals surface area (Å²) in [4.78, 5) is 183. The van der Waals surface area contributed by atoms with Gasteiger partial charge in [0.05, 0.1) is 12.6 Å². The quantitative estimate of drug-likeness (QED) is 0.0306. The minimum atomic E-state index is -1.44. The number of para-hydroxylation sites is 1. The Morgan fingerprint density at radius 3 is 1.65 bits per heavy atom. The van der Waals surface area contributed by atoms with E-state index in [4.69, 9.17) is 22.9 Å². The Morgan fingerprint density at radius 1 is 0.594 bits per heavy atom. The first-order valence-electron chi connectivity index (χ1n) is 32.7. The number of hydrogen-bond acceptors (Lipinski definition) is 17. The zero-order valence-electron chi connectivity index (χ0n) is 55.3. The fourth-order valence-electron chi connectivity index (χ4n) is 11.6. The van der Waals surface area contributed by atoms with E-state index in [0.29, 0.717) is 37.0 Å². The largest absolute Gasteiger partial charge is 0.508 e. The molecular formula is C65H97N15O15S. The van der Waals surface area contributed by atoms with Crippen LogP contribution in [0.15, 0.2) is 54.7 Å². The number of likely N-dealkylation sites (tertiary alicyclic amines) is 2. The highest BCUT2D eigenvalue weighted by atomic mass is 32.2. The number of H-pyrrole nitrogens is 1. The molecule has 2 saturated heterocycles. The molecule has 0 bridgehead atoms. The van der Waals surface area contributed by atoms with Gasteiger partial charge < -0.3 is 90.5 Å².